The van der Waals surface area contributed by atoms with Gasteiger partial charge in [-0.15, -0.1) is 0 Å². The van der Waals surface area contributed by atoms with E-state index in [9.17, 15) is 18.0 Å². The number of carbonyl (C=O) groups is 2. The zero-order chi connectivity index (χ0) is 31.8. The van der Waals surface area contributed by atoms with Crippen molar-refractivity contribution >= 4 is 27.5 Å². The van der Waals surface area contributed by atoms with Gasteiger partial charge in [-0.25, -0.2) is 8.42 Å². The maximum Gasteiger partial charge on any atom is 0.243 e. The molecule has 0 heterocycles. The van der Waals surface area contributed by atoms with E-state index in [4.69, 9.17) is 4.74 Å². The molecule has 0 spiro atoms. The number of carbonyl (C=O) groups excluding carboxylic acids is 2. The lowest BCUT2D eigenvalue weighted by Gasteiger charge is -2.34. The Kier molecular flexibility index (Phi) is 11.4. The molecule has 8 nitrogen and oxygen atoms in total. The SMILES string of the molecule is COc1cccc(CN(C(=O)CCCN(c2cccc(C)c2C)S(C)(=O)=O)C(Cc2ccccc2)C(=O)NC(C)(C)C)c1. The van der Waals surface area contributed by atoms with Gasteiger partial charge in [0.1, 0.15) is 11.8 Å². The molecule has 9 heteroatoms. The molecule has 0 saturated carbocycles. The number of hydrogen-bond donors (Lipinski definition) is 1. The molecule has 3 aromatic carbocycles. The van der Waals surface area contributed by atoms with Crippen molar-refractivity contribution in [1.82, 2.24) is 10.2 Å². The highest BCUT2D eigenvalue weighted by Crippen LogP contribution is 2.26. The molecular weight excluding hydrogens is 562 g/mol. The zero-order valence-corrected chi connectivity index (χ0v) is 27.2. The van der Waals surface area contributed by atoms with Gasteiger partial charge in [0.15, 0.2) is 0 Å². The summed E-state index contributed by atoms with van der Waals surface area (Å²) in [6.45, 7) is 9.89. The predicted octanol–water partition coefficient (Wildman–Crippen LogP) is 5.41. The Labute approximate surface area is 257 Å². The molecule has 1 N–H and O–H groups in total. The number of aryl methyl sites for hydroxylation is 1. The lowest BCUT2D eigenvalue weighted by molar-refractivity contribution is -0.142. The lowest BCUT2D eigenvalue weighted by atomic mass is 10.00. The Balaban J connectivity index is 1.94. The Bertz CT molecular complexity index is 1500. The summed E-state index contributed by atoms with van der Waals surface area (Å²) in [6, 6.07) is 21.8. The molecule has 43 heavy (non-hydrogen) atoms. The van der Waals surface area contributed by atoms with Crippen LogP contribution in [0.4, 0.5) is 5.69 Å². The van der Waals surface area contributed by atoms with Crippen molar-refractivity contribution < 1.29 is 22.7 Å². The van der Waals surface area contributed by atoms with E-state index >= 15 is 0 Å². The summed E-state index contributed by atoms with van der Waals surface area (Å²) in [5.74, 6) is 0.170. The van der Waals surface area contributed by atoms with Gasteiger partial charge in [0.2, 0.25) is 21.8 Å². The number of nitrogens with zero attached hydrogens (tertiary/aromatic N) is 2. The molecule has 1 atom stereocenters. The first-order valence-corrected chi connectivity index (χ1v) is 16.4. The topological polar surface area (TPSA) is 96.0 Å². The van der Waals surface area contributed by atoms with Gasteiger partial charge in [0.25, 0.3) is 0 Å². The van der Waals surface area contributed by atoms with Crippen molar-refractivity contribution in [2.45, 2.75) is 72.0 Å². The maximum atomic E-state index is 14.0. The van der Waals surface area contributed by atoms with Gasteiger partial charge < -0.3 is 15.0 Å². The van der Waals surface area contributed by atoms with Crippen molar-refractivity contribution in [3.05, 3.63) is 95.1 Å². The zero-order valence-electron chi connectivity index (χ0n) is 26.4. The minimum absolute atomic E-state index is 0.0644. The molecule has 0 fully saturated rings. The van der Waals surface area contributed by atoms with E-state index in [-0.39, 0.29) is 37.7 Å². The number of hydrogen-bond acceptors (Lipinski definition) is 5. The average molecular weight is 608 g/mol. The molecule has 0 aliphatic rings. The van der Waals surface area contributed by atoms with E-state index in [0.29, 0.717) is 17.9 Å². The standard InChI is InChI=1S/C34H45N3O5S/c1-25-14-11-19-30(26(25)2)37(43(7,40)41)21-13-20-32(38)36(24-28-17-12-18-29(22-28)42-6)31(33(39)35-34(3,4)5)23-27-15-9-8-10-16-27/h8-12,14-19,22,31H,13,20-21,23-24H2,1-7H3,(H,35,39). The first-order valence-electron chi connectivity index (χ1n) is 14.5. The van der Waals surface area contributed by atoms with Crippen molar-refractivity contribution in [2.75, 3.05) is 24.2 Å². The molecule has 0 aliphatic carbocycles. The third-order valence-electron chi connectivity index (χ3n) is 7.25. The first kappa shape index (κ1) is 33.6. The number of benzene rings is 3. The van der Waals surface area contributed by atoms with Gasteiger partial charge in [-0.2, -0.15) is 0 Å². The van der Waals surface area contributed by atoms with Crippen LogP contribution in [0.1, 0.15) is 55.9 Å². The van der Waals surface area contributed by atoms with Crippen LogP contribution >= 0.6 is 0 Å². The quantitative estimate of drug-likeness (QED) is 0.280. The molecule has 0 bridgehead atoms. The Morgan fingerprint density at radius 3 is 2.21 bits per heavy atom. The number of nitrogens with one attached hydrogen (secondary N) is 1. The number of anilines is 1. The molecule has 3 aromatic rings. The van der Waals surface area contributed by atoms with Crippen molar-refractivity contribution in [3.8, 4) is 5.75 Å². The van der Waals surface area contributed by atoms with Crippen LogP contribution in [0.15, 0.2) is 72.8 Å². The second-order valence-corrected chi connectivity index (χ2v) is 13.9. The fourth-order valence-electron chi connectivity index (χ4n) is 4.96. The summed E-state index contributed by atoms with van der Waals surface area (Å²) < 4.78 is 32.4. The molecule has 0 saturated heterocycles. The van der Waals surface area contributed by atoms with E-state index in [2.05, 4.69) is 5.32 Å². The van der Waals surface area contributed by atoms with Crippen molar-refractivity contribution in [2.24, 2.45) is 0 Å². The van der Waals surface area contributed by atoms with Crippen LogP contribution in [-0.2, 0) is 32.6 Å². The van der Waals surface area contributed by atoms with Crippen molar-refractivity contribution in [3.63, 3.8) is 0 Å². The minimum Gasteiger partial charge on any atom is -0.497 e. The second-order valence-electron chi connectivity index (χ2n) is 12.0. The van der Waals surface area contributed by atoms with Crippen LogP contribution in [0.2, 0.25) is 0 Å². The summed E-state index contributed by atoms with van der Waals surface area (Å²) in [5, 5.41) is 3.07. The Hall–Kier alpha value is -3.85. The highest BCUT2D eigenvalue weighted by molar-refractivity contribution is 7.92. The van der Waals surface area contributed by atoms with Gasteiger partial charge in [0.05, 0.1) is 19.1 Å². The molecule has 0 aliphatic heterocycles. The summed E-state index contributed by atoms with van der Waals surface area (Å²) in [5.41, 5.74) is 3.72. The van der Waals surface area contributed by atoms with Crippen molar-refractivity contribution in [1.29, 1.82) is 0 Å². The number of rotatable bonds is 13. The third kappa shape index (κ3) is 9.85. The third-order valence-corrected chi connectivity index (χ3v) is 8.43. The van der Waals surface area contributed by atoms with Crippen LogP contribution in [0.3, 0.4) is 0 Å². The molecular formula is C34H45N3O5S. The largest absolute Gasteiger partial charge is 0.497 e. The second kappa shape index (κ2) is 14.6. The number of ether oxygens (including phenoxy) is 1. The smallest absolute Gasteiger partial charge is 0.243 e. The van der Waals surface area contributed by atoms with Gasteiger partial charge in [-0.1, -0.05) is 54.6 Å². The normalized spacial score (nSPS) is 12.3. The number of sulfonamides is 1. The highest BCUT2D eigenvalue weighted by Gasteiger charge is 2.32. The van der Waals surface area contributed by atoms with Crippen LogP contribution in [0.5, 0.6) is 5.75 Å². The number of amides is 2. The maximum absolute atomic E-state index is 14.0. The molecule has 232 valence electrons. The Morgan fingerprint density at radius 1 is 0.930 bits per heavy atom. The van der Waals surface area contributed by atoms with Crippen LogP contribution in [0, 0.1) is 13.8 Å². The van der Waals surface area contributed by atoms with Crippen LogP contribution in [0.25, 0.3) is 0 Å². The molecule has 3 rings (SSSR count). The summed E-state index contributed by atoms with van der Waals surface area (Å²) in [7, 11) is -2.01. The predicted molar refractivity (Wildman–Crippen MR) is 173 cm³/mol. The van der Waals surface area contributed by atoms with Gasteiger partial charge >= 0.3 is 0 Å². The fraction of sp³-hybridized carbons (Fsp3) is 0.412. The molecule has 1 unspecified atom stereocenters. The van der Waals surface area contributed by atoms with E-state index < -0.39 is 21.6 Å². The summed E-state index contributed by atoms with van der Waals surface area (Å²) in [6.07, 6.45) is 1.86. The Morgan fingerprint density at radius 2 is 1.58 bits per heavy atom. The molecule has 0 aromatic heterocycles. The van der Waals surface area contributed by atoms with E-state index in [1.165, 1.54) is 10.6 Å². The lowest BCUT2D eigenvalue weighted by Crippen LogP contribution is -2.54. The molecule has 2 amide bonds. The monoisotopic (exact) mass is 607 g/mol. The van der Waals surface area contributed by atoms with E-state index in [1.54, 1.807) is 18.1 Å². The van der Waals surface area contributed by atoms with Crippen LogP contribution < -0.4 is 14.4 Å². The minimum atomic E-state index is -3.59. The first-order chi connectivity index (χ1) is 20.2. The van der Waals surface area contributed by atoms with Gasteiger partial charge in [-0.05, 0) is 81.5 Å². The molecule has 0 radical (unpaired) electrons. The van der Waals surface area contributed by atoms with Gasteiger partial charge in [0, 0.05) is 31.5 Å². The van der Waals surface area contributed by atoms with Crippen LogP contribution in [-0.4, -0.2) is 56.6 Å². The van der Waals surface area contributed by atoms with E-state index in [1.807, 2.05) is 101 Å². The van der Waals surface area contributed by atoms with Gasteiger partial charge in [-0.3, -0.25) is 13.9 Å². The highest BCUT2D eigenvalue weighted by atomic mass is 32.2. The fourth-order valence-corrected chi connectivity index (χ4v) is 5.98. The summed E-state index contributed by atoms with van der Waals surface area (Å²) >= 11 is 0. The van der Waals surface area contributed by atoms with E-state index in [0.717, 1.165) is 22.3 Å². The number of methoxy groups -OCH3 is 1. The summed E-state index contributed by atoms with van der Waals surface area (Å²) in [4.78, 5) is 29.4. The average Bonchev–Trinajstić information content (AvgIpc) is 2.93.